The van der Waals surface area contributed by atoms with Crippen LogP contribution >= 0.6 is 11.3 Å². The zero-order chi connectivity index (χ0) is 14.4. The van der Waals surface area contributed by atoms with Crippen LogP contribution in [0.5, 0.6) is 0 Å². The third-order valence-electron chi connectivity index (χ3n) is 3.65. The molecule has 1 aliphatic heterocycles. The van der Waals surface area contributed by atoms with E-state index in [1.165, 1.54) is 6.42 Å². The van der Waals surface area contributed by atoms with Crippen LogP contribution in [0, 0.1) is 0 Å². The molecular weight excluding hydrogens is 270 g/mol. The zero-order valence-corrected chi connectivity index (χ0v) is 13.7. The fraction of sp³-hybridized carbons (Fsp3) is 0.800. The van der Waals surface area contributed by atoms with Crippen molar-refractivity contribution in [3.8, 4) is 0 Å². The molecule has 20 heavy (non-hydrogen) atoms. The molecule has 0 saturated carbocycles. The Kier molecular flexibility index (Phi) is 6.42. The maximum atomic E-state index is 5.90. The molecule has 114 valence electrons. The minimum absolute atomic E-state index is 0.160. The van der Waals surface area contributed by atoms with Crippen LogP contribution in [0.2, 0.25) is 0 Å². The monoisotopic (exact) mass is 297 g/mol. The van der Waals surface area contributed by atoms with Gasteiger partial charge in [-0.1, -0.05) is 13.8 Å². The molecule has 0 radical (unpaired) electrons. The van der Waals surface area contributed by atoms with Crippen LogP contribution in [0.4, 0.5) is 0 Å². The lowest BCUT2D eigenvalue weighted by molar-refractivity contribution is -0.0300. The quantitative estimate of drug-likeness (QED) is 0.839. The molecule has 0 spiro atoms. The lowest BCUT2D eigenvalue weighted by Gasteiger charge is -2.31. The number of rotatable bonds is 7. The second-order valence-corrected chi connectivity index (χ2v) is 6.34. The summed E-state index contributed by atoms with van der Waals surface area (Å²) in [5, 5.41) is 6.79. The van der Waals surface area contributed by atoms with Gasteiger partial charge in [-0.25, -0.2) is 4.98 Å². The van der Waals surface area contributed by atoms with Crippen molar-refractivity contribution in [3.63, 3.8) is 0 Å². The van der Waals surface area contributed by atoms with Gasteiger partial charge in [0.2, 0.25) is 0 Å². The summed E-state index contributed by atoms with van der Waals surface area (Å²) in [5.74, 6) is 0. The van der Waals surface area contributed by atoms with E-state index in [4.69, 9.17) is 9.72 Å². The molecule has 2 unspecified atom stereocenters. The van der Waals surface area contributed by atoms with E-state index < -0.39 is 0 Å². The number of ether oxygens (including phenoxy) is 1. The van der Waals surface area contributed by atoms with Crippen LogP contribution < -0.4 is 5.32 Å². The average Bonchev–Trinajstić information content (AvgIpc) is 2.95. The first-order chi connectivity index (χ1) is 9.74. The van der Waals surface area contributed by atoms with Gasteiger partial charge in [-0.15, -0.1) is 11.3 Å². The Hall–Kier alpha value is -0.490. The predicted octanol–water partition coefficient (Wildman–Crippen LogP) is 2.99. The standard InChI is InChI=1S/C15H27N3OS/c1-4-6-16-12(3)13-11-20-15(17-13)14-10-18(7-5-2)8-9-19-14/h11-12,14,16H,4-10H2,1-3H3. The second-order valence-electron chi connectivity index (χ2n) is 5.45. The Morgan fingerprint density at radius 3 is 3.10 bits per heavy atom. The molecule has 0 aromatic carbocycles. The van der Waals surface area contributed by atoms with E-state index in [9.17, 15) is 0 Å². The summed E-state index contributed by atoms with van der Waals surface area (Å²) in [5.41, 5.74) is 1.15. The first-order valence-electron chi connectivity index (χ1n) is 7.77. The molecular formula is C15H27N3OS. The second kappa shape index (κ2) is 8.08. The molecule has 5 heteroatoms. The average molecular weight is 297 g/mol. The fourth-order valence-corrected chi connectivity index (χ4v) is 3.43. The maximum Gasteiger partial charge on any atom is 0.123 e. The van der Waals surface area contributed by atoms with Crippen LogP contribution in [0.3, 0.4) is 0 Å². The van der Waals surface area contributed by atoms with Gasteiger partial charge in [0.15, 0.2) is 0 Å². The summed E-state index contributed by atoms with van der Waals surface area (Å²) in [6.07, 6.45) is 2.51. The Balaban J connectivity index is 1.93. The van der Waals surface area contributed by atoms with Crippen molar-refractivity contribution in [2.75, 3.05) is 32.8 Å². The highest BCUT2D eigenvalue weighted by atomic mass is 32.1. The highest BCUT2D eigenvalue weighted by molar-refractivity contribution is 7.09. The lowest BCUT2D eigenvalue weighted by Crippen LogP contribution is -2.38. The third-order valence-corrected chi connectivity index (χ3v) is 4.60. The summed E-state index contributed by atoms with van der Waals surface area (Å²) < 4.78 is 5.90. The highest BCUT2D eigenvalue weighted by Crippen LogP contribution is 2.27. The van der Waals surface area contributed by atoms with Gasteiger partial charge in [-0.05, 0) is 32.9 Å². The Morgan fingerprint density at radius 1 is 1.50 bits per heavy atom. The molecule has 2 rings (SSSR count). The van der Waals surface area contributed by atoms with Crippen LogP contribution in [0.1, 0.15) is 56.5 Å². The van der Waals surface area contributed by atoms with E-state index in [-0.39, 0.29) is 6.10 Å². The van der Waals surface area contributed by atoms with E-state index in [2.05, 4.69) is 36.4 Å². The fourth-order valence-electron chi connectivity index (χ4n) is 2.48. The van der Waals surface area contributed by atoms with Gasteiger partial charge in [0.25, 0.3) is 0 Å². The molecule has 1 fully saturated rings. The van der Waals surface area contributed by atoms with E-state index in [1.807, 2.05) is 0 Å². The van der Waals surface area contributed by atoms with E-state index >= 15 is 0 Å². The number of hydrogen-bond donors (Lipinski definition) is 1. The number of thiazole rings is 1. The highest BCUT2D eigenvalue weighted by Gasteiger charge is 2.24. The minimum atomic E-state index is 0.160. The van der Waals surface area contributed by atoms with Crippen LogP contribution in [0.25, 0.3) is 0 Å². The SMILES string of the molecule is CCCNC(C)c1csc(C2CN(CCC)CCO2)n1. The van der Waals surface area contributed by atoms with Gasteiger partial charge < -0.3 is 10.1 Å². The topological polar surface area (TPSA) is 37.4 Å². The van der Waals surface area contributed by atoms with Gasteiger partial charge in [0.05, 0.1) is 12.3 Å². The summed E-state index contributed by atoms with van der Waals surface area (Å²) in [6.45, 7) is 11.7. The molecule has 4 nitrogen and oxygen atoms in total. The van der Waals surface area contributed by atoms with Gasteiger partial charge in [0, 0.05) is 24.5 Å². The van der Waals surface area contributed by atoms with Crippen molar-refractivity contribution in [1.82, 2.24) is 15.2 Å². The summed E-state index contributed by atoms with van der Waals surface area (Å²) in [4.78, 5) is 7.27. The molecule has 1 N–H and O–H groups in total. The Labute approximate surface area is 126 Å². The maximum absolute atomic E-state index is 5.90. The molecule has 1 aromatic rings. The van der Waals surface area contributed by atoms with E-state index in [1.54, 1.807) is 11.3 Å². The molecule has 1 aromatic heterocycles. The normalized spacial score (nSPS) is 22.1. The number of hydrogen-bond acceptors (Lipinski definition) is 5. The number of aromatic nitrogens is 1. The number of nitrogens with zero attached hydrogens (tertiary/aromatic N) is 2. The summed E-state index contributed by atoms with van der Waals surface area (Å²) in [6, 6.07) is 0.329. The van der Waals surface area contributed by atoms with Gasteiger partial charge in [-0.3, -0.25) is 4.90 Å². The van der Waals surface area contributed by atoms with Crippen LogP contribution in [-0.4, -0.2) is 42.7 Å². The largest absolute Gasteiger partial charge is 0.368 e. The first-order valence-corrected chi connectivity index (χ1v) is 8.65. The van der Waals surface area contributed by atoms with Crippen molar-refractivity contribution in [2.45, 2.75) is 45.8 Å². The van der Waals surface area contributed by atoms with Crippen molar-refractivity contribution in [2.24, 2.45) is 0 Å². The summed E-state index contributed by atoms with van der Waals surface area (Å²) in [7, 11) is 0. The number of morpholine rings is 1. The summed E-state index contributed by atoms with van der Waals surface area (Å²) >= 11 is 1.74. The smallest absolute Gasteiger partial charge is 0.123 e. The van der Waals surface area contributed by atoms with Crippen LogP contribution in [-0.2, 0) is 4.74 Å². The van der Waals surface area contributed by atoms with Gasteiger partial charge >= 0.3 is 0 Å². The molecule has 1 aliphatic rings. The van der Waals surface area contributed by atoms with Crippen molar-refractivity contribution >= 4 is 11.3 Å². The molecule has 0 aliphatic carbocycles. The lowest BCUT2D eigenvalue weighted by atomic mass is 10.2. The van der Waals surface area contributed by atoms with Gasteiger partial charge in [0.1, 0.15) is 11.1 Å². The van der Waals surface area contributed by atoms with Gasteiger partial charge in [-0.2, -0.15) is 0 Å². The third kappa shape index (κ3) is 4.25. The zero-order valence-electron chi connectivity index (χ0n) is 12.9. The molecule has 2 atom stereocenters. The molecule has 2 heterocycles. The first kappa shape index (κ1) is 15.9. The minimum Gasteiger partial charge on any atom is -0.368 e. The van der Waals surface area contributed by atoms with Crippen LogP contribution in [0.15, 0.2) is 5.38 Å². The van der Waals surface area contributed by atoms with Crippen molar-refractivity contribution in [3.05, 3.63) is 16.1 Å². The predicted molar refractivity (Wildman–Crippen MR) is 84.2 cm³/mol. The molecule has 1 saturated heterocycles. The van der Waals surface area contributed by atoms with E-state index in [0.29, 0.717) is 6.04 Å². The number of nitrogens with one attached hydrogen (secondary N) is 1. The Morgan fingerprint density at radius 2 is 2.35 bits per heavy atom. The van der Waals surface area contributed by atoms with Crippen molar-refractivity contribution in [1.29, 1.82) is 0 Å². The van der Waals surface area contributed by atoms with E-state index in [0.717, 1.165) is 49.9 Å². The Bertz CT molecular complexity index is 394. The van der Waals surface area contributed by atoms with Crippen molar-refractivity contribution < 1.29 is 4.74 Å². The molecule has 0 amide bonds. The molecule has 0 bridgehead atoms.